The van der Waals surface area contributed by atoms with Gasteiger partial charge in [0, 0.05) is 12.6 Å². The van der Waals surface area contributed by atoms with Gasteiger partial charge in [-0.2, -0.15) is 5.10 Å². The Morgan fingerprint density at radius 2 is 1.95 bits per heavy atom. The van der Waals surface area contributed by atoms with Gasteiger partial charge in [0.1, 0.15) is 0 Å². The van der Waals surface area contributed by atoms with E-state index in [1.807, 2.05) is 18.3 Å². The second-order valence-electron chi connectivity index (χ2n) is 4.54. The van der Waals surface area contributed by atoms with Gasteiger partial charge in [-0.1, -0.05) is 29.8 Å². The predicted molar refractivity (Wildman–Crippen MR) is 73.5 cm³/mol. The number of pyridine rings is 1. The van der Waals surface area contributed by atoms with Gasteiger partial charge in [-0.05, 0) is 24.6 Å². The molecule has 0 aliphatic rings. The highest BCUT2D eigenvalue weighted by Gasteiger charge is 2.08. The Bertz CT molecular complexity index is 701. The maximum Gasteiger partial charge on any atom is 0.198 e. The molecule has 0 bridgehead atoms. The summed E-state index contributed by atoms with van der Waals surface area (Å²) in [6.07, 6.45) is 2.61. The van der Waals surface area contributed by atoms with Gasteiger partial charge in [0.2, 0.25) is 0 Å². The van der Waals surface area contributed by atoms with Crippen molar-refractivity contribution in [3.8, 4) is 5.75 Å². The van der Waals surface area contributed by atoms with Crippen LogP contribution in [0.3, 0.4) is 0 Å². The Morgan fingerprint density at radius 3 is 2.68 bits per heavy atom. The highest BCUT2D eigenvalue weighted by molar-refractivity contribution is 5.52. The summed E-state index contributed by atoms with van der Waals surface area (Å²) in [4.78, 5) is 4.53. The largest absolute Gasteiger partial charge is 0.493 e. The van der Waals surface area contributed by atoms with Crippen LogP contribution in [0.2, 0.25) is 0 Å². The number of nitrogens with zero attached hydrogens (tertiary/aromatic N) is 3. The van der Waals surface area contributed by atoms with Crippen molar-refractivity contribution in [2.24, 2.45) is 0 Å². The Labute approximate surface area is 111 Å². The van der Waals surface area contributed by atoms with Crippen LogP contribution in [0.15, 0.2) is 42.6 Å². The fourth-order valence-corrected chi connectivity index (χ4v) is 2.05. The average molecular weight is 253 g/mol. The molecule has 0 atom stereocenters. The molecule has 0 radical (unpaired) electrons. The first-order valence-electron chi connectivity index (χ1n) is 6.20. The van der Waals surface area contributed by atoms with Gasteiger partial charge < -0.3 is 4.74 Å². The summed E-state index contributed by atoms with van der Waals surface area (Å²) in [5, 5.41) is 4.46. The third-order valence-corrected chi connectivity index (χ3v) is 3.07. The molecule has 2 heterocycles. The van der Waals surface area contributed by atoms with Crippen LogP contribution in [-0.4, -0.2) is 21.7 Å². The van der Waals surface area contributed by atoms with Gasteiger partial charge in [-0.3, -0.25) is 0 Å². The number of rotatable bonds is 3. The van der Waals surface area contributed by atoms with Crippen molar-refractivity contribution >= 4 is 5.65 Å². The van der Waals surface area contributed by atoms with Crippen molar-refractivity contribution in [2.75, 3.05) is 7.11 Å². The van der Waals surface area contributed by atoms with Crippen LogP contribution in [0.5, 0.6) is 5.75 Å². The minimum absolute atomic E-state index is 0.727. The third-order valence-electron chi connectivity index (χ3n) is 3.07. The van der Waals surface area contributed by atoms with Crippen LogP contribution in [0.1, 0.15) is 17.0 Å². The molecule has 4 heteroatoms. The summed E-state index contributed by atoms with van der Waals surface area (Å²) < 4.78 is 7.04. The van der Waals surface area contributed by atoms with Crippen LogP contribution >= 0.6 is 0 Å². The molecule has 0 saturated heterocycles. The van der Waals surface area contributed by atoms with Gasteiger partial charge >= 0.3 is 0 Å². The maximum absolute atomic E-state index is 5.28. The van der Waals surface area contributed by atoms with Crippen LogP contribution in [0.25, 0.3) is 5.65 Å². The minimum Gasteiger partial charge on any atom is -0.493 e. The molecule has 0 aliphatic carbocycles. The molecular weight excluding hydrogens is 238 g/mol. The van der Waals surface area contributed by atoms with Gasteiger partial charge in [-0.15, -0.1) is 0 Å². The zero-order valence-electron chi connectivity index (χ0n) is 11.0. The highest BCUT2D eigenvalue weighted by atomic mass is 16.5. The topological polar surface area (TPSA) is 39.4 Å². The zero-order valence-corrected chi connectivity index (χ0v) is 11.0. The third kappa shape index (κ3) is 2.29. The lowest BCUT2D eigenvalue weighted by atomic mass is 10.1. The van der Waals surface area contributed by atoms with Crippen molar-refractivity contribution in [3.05, 3.63) is 59.5 Å². The molecule has 0 spiro atoms. The summed E-state index contributed by atoms with van der Waals surface area (Å²) in [6, 6.07) is 12.2. The smallest absolute Gasteiger partial charge is 0.198 e. The van der Waals surface area contributed by atoms with Gasteiger partial charge in [-0.25, -0.2) is 9.50 Å². The summed E-state index contributed by atoms with van der Waals surface area (Å²) >= 11 is 0. The fourth-order valence-electron chi connectivity index (χ4n) is 2.05. The van der Waals surface area contributed by atoms with E-state index >= 15 is 0 Å². The second-order valence-corrected chi connectivity index (χ2v) is 4.54. The first-order chi connectivity index (χ1) is 9.26. The molecule has 3 rings (SSSR count). The standard InChI is InChI=1S/C15H15N3O/c1-11-5-7-12(8-6-11)10-14-16-15-13(19-2)4-3-9-18(15)17-14/h3-9H,10H2,1-2H3. The van der Waals surface area contributed by atoms with Crippen molar-refractivity contribution in [3.63, 3.8) is 0 Å². The average Bonchev–Trinajstić information content (AvgIpc) is 2.83. The lowest BCUT2D eigenvalue weighted by Gasteiger charge is -1.98. The normalized spacial score (nSPS) is 10.8. The second kappa shape index (κ2) is 4.72. The quantitative estimate of drug-likeness (QED) is 0.720. The van der Waals surface area contributed by atoms with Crippen LogP contribution < -0.4 is 4.74 Å². The molecule has 0 amide bonds. The minimum atomic E-state index is 0.727. The molecule has 0 fully saturated rings. The number of methoxy groups -OCH3 is 1. The van der Waals surface area contributed by atoms with Crippen LogP contribution in [-0.2, 0) is 6.42 Å². The Kier molecular flexibility index (Phi) is 2.91. The van der Waals surface area contributed by atoms with E-state index in [9.17, 15) is 0 Å². The molecular formula is C15H15N3O. The van der Waals surface area contributed by atoms with E-state index in [-0.39, 0.29) is 0 Å². The number of hydrogen-bond donors (Lipinski definition) is 0. The summed E-state index contributed by atoms with van der Waals surface area (Å²) in [7, 11) is 1.64. The lowest BCUT2D eigenvalue weighted by Crippen LogP contribution is -1.92. The van der Waals surface area contributed by atoms with E-state index in [0.29, 0.717) is 0 Å². The number of aromatic nitrogens is 3. The molecule has 0 aliphatic heterocycles. The van der Waals surface area contributed by atoms with Gasteiger partial charge in [0.25, 0.3) is 0 Å². The lowest BCUT2D eigenvalue weighted by molar-refractivity contribution is 0.416. The summed E-state index contributed by atoms with van der Waals surface area (Å²) in [5.74, 6) is 1.54. The Balaban J connectivity index is 1.95. The fraction of sp³-hybridized carbons (Fsp3) is 0.200. The molecule has 0 unspecified atom stereocenters. The Morgan fingerprint density at radius 1 is 1.16 bits per heavy atom. The maximum atomic E-state index is 5.28. The molecule has 0 N–H and O–H groups in total. The van der Waals surface area contributed by atoms with Gasteiger partial charge in [0.05, 0.1) is 7.11 Å². The monoisotopic (exact) mass is 253 g/mol. The van der Waals surface area contributed by atoms with Crippen LogP contribution in [0, 0.1) is 6.92 Å². The van der Waals surface area contributed by atoms with Crippen molar-refractivity contribution in [1.29, 1.82) is 0 Å². The summed E-state index contributed by atoms with van der Waals surface area (Å²) in [6.45, 7) is 2.08. The number of fused-ring (bicyclic) bond motifs is 1. The molecule has 1 aromatic carbocycles. The molecule has 4 nitrogen and oxygen atoms in total. The zero-order chi connectivity index (χ0) is 13.2. The molecule has 0 saturated carbocycles. The van der Waals surface area contributed by atoms with E-state index < -0.39 is 0 Å². The predicted octanol–water partition coefficient (Wildman–Crippen LogP) is 2.64. The number of ether oxygens (including phenoxy) is 1. The van der Waals surface area contributed by atoms with Crippen molar-refractivity contribution in [2.45, 2.75) is 13.3 Å². The number of hydrogen-bond acceptors (Lipinski definition) is 3. The van der Waals surface area contributed by atoms with E-state index in [1.165, 1.54) is 11.1 Å². The molecule has 2 aromatic heterocycles. The first-order valence-corrected chi connectivity index (χ1v) is 6.20. The van der Waals surface area contributed by atoms with E-state index in [1.54, 1.807) is 11.6 Å². The molecule has 3 aromatic rings. The Hall–Kier alpha value is -2.36. The summed E-state index contributed by atoms with van der Waals surface area (Å²) in [5.41, 5.74) is 3.22. The number of aryl methyl sites for hydroxylation is 1. The number of benzene rings is 1. The SMILES string of the molecule is COc1cccn2nc(Cc3ccc(C)cc3)nc12. The molecule has 19 heavy (non-hydrogen) atoms. The van der Waals surface area contributed by atoms with Gasteiger partial charge in [0.15, 0.2) is 17.2 Å². The first kappa shape index (κ1) is 11.7. The molecule has 96 valence electrons. The van der Waals surface area contributed by atoms with Crippen molar-refractivity contribution < 1.29 is 4.74 Å². The van der Waals surface area contributed by atoms with E-state index in [0.717, 1.165) is 23.6 Å². The van der Waals surface area contributed by atoms with Crippen molar-refractivity contribution in [1.82, 2.24) is 14.6 Å². The highest BCUT2D eigenvalue weighted by Crippen LogP contribution is 2.17. The van der Waals surface area contributed by atoms with E-state index in [4.69, 9.17) is 4.74 Å². The van der Waals surface area contributed by atoms with E-state index in [2.05, 4.69) is 41.3 Å². The van der Waals surface area contributed by atoms with Crippen LogP contribution in [0.4, 0.5) is 0 Å².